The van der Waals surface area contributed by atoms with Crippen LogP contribution in [0, 0.1) is 0 Å². The SMILES string of the molecule is CCOC1C(O)CC1Oc1ccc(C(C)C)cc1. The molecule has 3 atom stereocenters. The van der Waals surface area contributed by atoms with E-state index in [0.29, 0.717) is 18.9 Å². The predicted octanol–water partition coefficient (Wildman–Crippen LogP) is 2.73. The van der Waals surface area contributed by atoms with Crippen molar-refractivity contribution in [2.75, 3.05) is 6.61 Å². The summed E-state index contributed by atoms with van der Waals surface area (Å²) in [5.41, 5.74) is 1.30. The minimum Gasteiger partial charge on any atom is -0.488 e. The molecule has 1 aliphatic rings. The van der Waals surface area contributed by atoms with Crippen LogP contribution in [0.15, 0.2) is 24.3 Å². The molecule has 0 aliphatic heterocycles. The van der Waals surface area contributed by atoms with Gasteiger partial charge in [-0.05, 0) is 30.5 Å². The second-order valence-electron chi connectivity index (χ2n) is 5.10. The van der Waals surface area contributed by atoms with Gasteiger partial charge in [-0.1, -0.05) is 26.0 Å². The molecule has 3 heteroatoms. The smallest absolute Gasteiger partial charge is 0.130 e. The summed E-state index contributed by atoms with van der Waals surface area (Å²) >= 11 is 0. The zero-order chi connectivity index (χ0) is 13.1. The molecule has 3 nitrogen and oxygen atoms in total. The van der Waals surface area contributed by atoms with Crippen molar-refractivity contribution in [1.82, 2.24) is 0 Å². The third-order valence-corrected chi connectivity index (χ3v) is 3.41. The molecule has 0 aromatic heterocycles. The van der Waals surface area contributed by atoms with Crippen LogP contribution >= 0.6 is 0 Å². The standard InChI is InChI=1S/C15H22O3/c1-4-17-15-13(16)9-14(15)18-12-7-5-11(6-8-12)10(2)3/h5-8,10,13-16H,4,9H2,1-3H3. The quantitative estimate of drug-likeness (QED) is 0.873. The Morgan fingerprint density at radius 3 is 2.44 bits per heavy atom. The highest BCUT2D eigenvalue weighted by atomic mass is 16.6. The molecule has 0 heterocycles. The van der Waals surface area contributed by atoms with E-state index in [1.165, 1.54) is 5.56 Å². The predicted molar refractivity (Wildman–Crippen MR) is 71.0 cm³/mol. The second-order valence-corrected chi connectivity index (χ2v) is 5.10. The molecule has 0 saturated heterocycles. The van der Waals surface area contributed by atoms with Crippen LogP contribution in [0.1, 0.15) is 38.7 Å². The van der Waals surface area contributed by atoms with Crippen LogP contribution in [0.2, 0.25) is 0 Å². The number of aliphatic hydroxyl groups is 1. The topological polar surface area (TPSA) is 38.7 Å². The Kier molecular flexibility index (Phi) is 4.25. The van der Waals surface area contributed by atoms with E-state index in [1.54, 1.807) is 0 Å². The van der Waals surface area contributed by atoms with Gasteiger partial charge < -0.3 is 14.6 Å². The number of benzene rings is 1. The lowest BCUT2D eigenvalue weighted by Gasteiger charge is -2.40. The summed E-state index contributed by atoms with van der Waals surface area (Å²) in [6, 6.07) is 8.15. The van der Waals surface area contributed by atoms with Crippen molar-refractivity contribution in [1.29, 1.82) is 0 Å². The molecule has 100 valence electrons. The van der Waals surface area contributed by atoms with Crippen LogP contribution < -0.4 is 4.74 Å². The van der Waals surface area contributed by atoms with E-state index in [0.717, 1.165) is 5.75 Å². The van der Waals surface area contributed by atoms with E-state index < -0.39 is 0 Å². The summed E-state index contributed by atoms with van der Waals surface area (Å²) in [5.74, 6) is 1.38. The highest BCUT2D eigenvalue weighted by molar-refractivity contribution is 5.29. The molecule has 1 fully saturated rings. The molecule has 1 saturated carbocycles. The van der Waals surface area contributed by atoms with Gasteiger partial charge in [-0.15, -0.1) is 0 Å². The van der Waals surface area contributed by atoms with Crippen LogP contribution in [-0.2, 0) is 4.74 Å². The largest absolute Gasteiger partial charge is 0.488 e. The highest BCUT2D eigenvalue weighted by Crippen LogP contribution is 2.29. The molecule has 1 aliphatic carbocycles. The maximum atomic E-state index is 9.60. The van der Waals surface area contributed by atoms with Gasteiger partial charge in [0, 0.05) is 13.0 Å². The summed E-state index contributed by atoms with van der Waals surface area (Å²) in [7, 11) is 0. The van der Waals surface area contributed by atoms with Gasteiger partial charge in [0.2, 0.25) is 0 Å². The van der Waals surface area contributed by atoms with Crippen molar-refractivity contribution >= 4 is 0 Å². The average Bonchev–Trinajstić information content (AvgIpc) is 2.36. The first-order valence-corrected chi connectivity index (χ1v) is 6.68. The van der Waals surface area contributed by atoms with E-state index >= 15 is 0 Å². The van der Waals surface area contributed by atoms with Crippen molar-refractivity contribution in [2.45, 2.75) is 51.4 Å². The Morgan fingerprint density at radius 1 is 1.28 bits per heavy atom. The normalized spacial score (nSPS) is 27.1. The van der Waals surface area contributed by atoms with Crippen LogP contribution in [0.4, 0.5) is 0 Å². The number of rotatable bonds is 5. The van der Waals surface area contributed by atoms with Gasteiger partial charge in [0.1, 0.15) is 18.0 Å². The first-order chi connectivity index (χ1) is 8.61. The van der Waals surface area contributed by atoms with Gasteiger partial charge >= 0.3 is 0 Å². The summed E-state index contributed by atoms with van der Waals surface area (Å²) in [6.07, 6.45) is 0.0610. The molecular formula is C15H22O3. The summed E-state index contributed by atoms with van der Waals surface area (Å²) in [4.78, 5) is 0. The van der Waals surface area contributed by atoms with E-state index in [9.17, 15) is 5.11 Å². The highest BCUT2D eigenvalue weighted by Gasteiger charge is 2.42. The van der Waals surface area contributed by atoms with Crippen molar-refractivity contribution in [3.8, 4) is 5.75 Å². The minimum absolute atomic E-state index is 0.0233. The number of hydrogen-bond donors (Lipinski definition) is 1. The zero-order valence-corrected chi connectivity index (χ0v) is 11.3. The Balaban J connectivity index is 1.93. The number of hydrogen-bond acceptors (Lipinski definition) is 3. The van der Waals surface area contributed by atoms with Crippen LogP contribution in [0.3, 0.4) is 0 Å². The van der Waals surface area contributed by atoms with Gasteiger partial charge in [-0.3, -0.25) is 0 Å². The zero-order valence-electron chi connectivity index (χ0n) is 11.3. The Labute approximate surface area is 109 Å². The van der Waals surface area contributed by atoms with Crippen molar-refractivity contribution in [3.05, 3.63) is 29.8 Å². The first kappa shape index (κ1) is 13.4. The van der Waals surface area contributed by atoms with E-state index in [1.807, 2.05) is 19.1 Å². The van der Waals surface area contributed by atoms with Crippen LogP contribution in [0.5, 0.6) is 5.75 Å². The fourth-order valence-electron chi connectivity index (χ4n) is 2.19. The van der Waals surface area contributed by atoms with E-state index in [2.05, 4.69) is 26.0 Å². The van der Waals surface area contributed by atoms with Gasteiger partial charge in [0.15, 0.2) is 0 Å². The molecule has 1 aromatic rings. The molecule has 18 heavy (non-hydrogen) atoms. The molecular weight excluding hydrogens is 228 g/mol. The maximum Gasteiger partial charge on any atom is 0.130 e. The summed E-state index contributed by atoms with van der Waals surface area (Å²) in [5, 5.41) is 9.60. The molecule has 3 unspecified atom stereocenters. The Morgan fingerprint density at radius 2 is 1.94 bits per heavy atom. The van der Waals surface area contributed by atoms with Gasteiger partial charge in [0.25, 0.3) is 0 Å². The van der Waals surface area contributed by atoms with Crippen molar-refractivity contribution < 1.29 is 14.6 Å². The second kappa shape index (κ2) is 5.72. The van der Waals surface area contributed by atoms with E-state index in [4.69, 9.17) is 9.47 Å². The van der Waals surface area contributed by atoms with Crippen LogP contribution in [0.25, 0.3) is 0 Å². The van der Waals surface area contributed by atoms with Crippen LogP contribution in [-0.4, -0.2) is 30.0 Å². The molecule has 2 rings (SSSR count). The molecule has 0 amide bonds. The van der Waals surface area contributed by atoms with Gasteiger partial charge in [-0.2, -0.15) is 0 Å². The molecule has 0 bridgehead atoms. The molecule has 0 radical (unpaired) electrons. The summed E-state index contributed by atoms with van der Waals surface area (Å²) in [6.45, 7) is 6.87. The van der Waals surface area contributed by atoms with Gasteiger partial charge in [-0.25, -0.2) is 0 Å². The number of ether oxygens (including phenoxy) is 2. The first-order valence-electron chi connectivity index (χ1n) is 6.68. The fraction of sp³-hybridized carbons (Fsp3) is 0.600. The molecule has 1 N–H and O–H groups in total. The van der Waals surface area contributed by atoms with Crippen molar-refractivity contribution in [2.24, 2.45) is 0 Å². The molecule has 1 aromatic carbocycles. The third kappa shape index (κ3) is 2.85. The average molecular weight is 250 g/mol. The third-order valence-electron chi connectivity index (χ3n) is 3.41. The van der Waals surface area contributed by atoms with Crippen molar-refractivity contribution in [3.63, 3.8) is 0 Å². The van der Waals surface area contributed by atoms with E-state index in [-0.39, 0.29) is 18.3 Å². The minimum atomic E-state index is -0.384. The number of aliphatic hydroxyl groups excluding tert-OH is 1. The molecule has 0 spiro atoms. The maximum absolute atomic E-state index is 9.60. The fourth-order valence-corrected chi connectivity index (χ4v) is 2.19. The lowest BCUT2D eigenvalue weighted by atomic mass is 9.88. The van der Waals surface area contributed by atoms with Gasteiger partial charge in [0.05, 0.1) is 6.10 Å². The summed E-state index contributed by atoms with van der Waals surface area (Å²) < 4.78 is 11.3. The Hall–Kier alpha value is -1.06. The lowest BCUT2D eigenvalue weighted by Crippen LogP contribution is -2.55. The Bertz CT molecular complexity index is 372. The lowest BCUT2D eigenvalue weighted by molar-refractivity contribution is -0.160. The monoisotopic (exact) mass is 250 g/mol.